The van der Waals surface area contributed by atoms with Gasteiger partial charge in [-0.05, 0) is 67.8 Å². The number of rotatable bonds is 7. The van der Waals surface area contributed by atoms with Gasteiger partial charge in [-0.25, -0.2) is 0 Å². The van der Waals surface area contributed by atoms with E-state index in [1.165, 1.54) is 30.6 Å². The average molecular weight is 411 g/mol. The molecule has 1 aliphatic carbocycles. The molecule has 2 aromatic rings. The van der Waals surface area contributed by atoms with Crippen LogP contribution in [0.5, 0.6) is 5.75 Å². The summed E-state index contributed by atoms with van der Waals surface area (Å²) < 4.78 is 5.58. The van der Waals surface area contributed by atoms with Crippen LogP contribution in [0.3, 0.4) is 0 Å². The molecule has 5 nitrogen and oxygen atoms in total. The number of anilines is 2. The van der Waals surface area contributed by atoms with Gasteiger partial charge in [0.15, 0.2) is 6.61 Å². The van der Waals surface area contributed by atoms with Crippen LogP contribution >= 0.6 is 11.8 Å². The summed E-state index contributed by atoms with van der Waals surface area (Å²) >= 11 is 1.93. The van der Waals surface area contributed by atoms with Gasteiger partial charge in [-0.2, -0.15) is 0 Å². The molecular weight excluding hydrogens is 384 g/mol. The van der Waals surface area contributed by atoms with E-state index in [0.29, 0.717) is 12.2 Å². The minimum absolute atomic E-state index is 0.0550. The van der Waals surface area contributed by atoms with E-state index in [-0.39, 0.29) is 18.4 Å². The lowest BCUT2D eigenvalue weighted by atomic mass is 10.3. The number of benzene rings is 2. The van der Waals surface area contributed by atoms with Crippen molar-refractivity contribution in [3.63, 3.8) is 0 Å². The lowest BCUT2D eigenvalue weighted by Gasteiger charge is -2.16. The van der Waals surface area contributed by atoms with Gasteiger partial charge in [-0.3, -0.25) is 9.59 Å². The van der Waals surface area contributed by atoms with Crippen molar-refractivity contribution < 1.29 is 14.3 Å². The van der Waals surface area contributed by atoms with E-state index >= 15 is 0 Å². The van der Waals surface area contributed by atoms with E-state index in [1.54, 1.807) is 17.0 Å². The average Bonchev–Trinajstić information content (AvgIpc) is 3.40. The minimum atomic E-state index is -0.194. The van der Waals surface area contributed by atoms with Crippen molar-refractivity contribution in [2.45, 2.75) is 48.7 Å². The van der Waals surface area contributed by atoms with E-state index in [0.717, 1.165) is 29.6 Å². The predicted octanol–water partition coefficient (Wildman–Crippen LogP) is 4.87. The second kappa shape index (κ2) is 9.35. The maximum Gasteiger partial charge on any atom is 0.262 e. The number of ether oxygens (including phenoxy) is 1. The largest absolute Gasteiger partial charge is 0.484 e. The molecule has 4 rings (SSSR count). The van der Waals surface area contributed by atoms with Gasteiger partial charge in [0.25, 0.3) is 5.91 Å². The van der Waals surface area contributed by atoms with E-state index in [9.17, 15) is 9.59 Å². The first-order valence-corrected chi connectivity index (χ1v) is 11.2. The molecule has 2 aromatic carbocycles. The van der Waals surface area contributed by atoms with Crippen molar-refractivity contribution in [2.75, 3.05) is 23.4 Å². The van der Waals surface area contributed by atoms with Crippen molar-refractivity contribution >= 4 is 35.0 Å². The zero-order chi connectivity index (χ0) is 20.1. The van der Waals surface area contributed by atoms with E-state index < -0.39 is 0 Å². The number of carbonyl (C=O) groups excluding carboxylic acids is 2. The van der Waals surface area contributed by atoms with E-state index in [2.05, 4.69) is 17.4 Å². The summed E-state index contributed by atoms with van der Waals surface area (Å²) in [6.45, 7) is 0.708. The van der Waals surface area contributed by atoms with Gasteiger partial charge >= 0.3 is 0 Å². The van der Waals surface area contributed by atoms with Gasteiger partial charge < -0.3 is 15.0 Å². The molecule has 1 aliphatic heterocycles. The van der Waals surface area contributed by atoms with Crippen LogP contribution in [0.4, 0.5) is 11.4 Å². The molecule has 2 fully saturated rings. The predicted molar refractivity (Wildman–Crippen MR) is 117 cm³/mol. The Morgan fingerprint density at radius 3 is 2.41 bits per heavy atom. The first-order valence-electron chi connectivity index (χ1n) is 10.3. The molecule has 1 heterocycles. The Labute approximate surface area is 175 Å². The number of amides is 2. The molecule has 0 unspecified atom stereocenters. The summed E-state index contributed by atoms with van der Waals surface area (Å²) in [5.74, 6) is 0.574. The van der Waals surface area contributed by atoms with Crippen LogP contribution in [0.25, 0.3) is 0 Å². The fourth-order valence-electron chi connectivity index (χ4n) is 3.80. The van der Waals surface area contributed by atoms with Crippen molar-refractivity contribution in [3.8, 4) is 5.75 Å². The molecule has 1 saturated heterocycles. The lowest BCUT2D eigenvalue weighted by Crippen LogP contribution is -2.23. The van der Waals surface area contributed by atoms with Gasteiger partial charge in [0.05, 0.1) is 0 Å². The molecule has 2 aliphatic rings. The highest BCUT2D eigenvalue weighted by molar-refractivity contribution is 8.00. The molecule has 6 heteroatoms. The molecule has 29 heavy (non-hydrogen) atoms. The normalized spacial score (nSPS) is 17.0. The van der Waals surface area contributed by atoms with Crippen molar-refractivity contribution in [1.29, 1.82) is 0 Å². The van der Waals surface area contributed by atoms with E-state index in [1.807, 2.05) is 36.0 Å². The van der Waals surface area contributed by atoms with Crippen LogP contribution < -0.4 is 15.0 Å². The number of nitrogens with one attached hydrogen (secondary N) is 1. The van der Waals surface area contributed by atoms with Gasteiger partial charge in [0, 0.05) is 34.5 Å². The lowest BCUT2D eigenvalue weighted by molar-refractivity contribution is -0.118. The molecule has 0 atom stereocenters. The Balaban J connectivity index is 1.23. The molecule has 152 valence electrons. The molecule has 0 aromatic heterocycles. The van der Waals surface area contributed by atoms with Crippen LogP contribution in [-0.4, -0.2) is 30.2 Å². The zero-order valence-corrected chi connectivity index (χ0v) is 17.2. The Bertz CT molecular complexity index is 845. The molecule has 1 N–H and O–H groups in total. The quantitative estimate of drug-likeness (QED) is 0.708. The Hall–Kier alpha value is -2.47. The van der Waals surface area contributed by atoms with Crippen LogP contribution in [0.15, 0.2) is 53.4 Å². The summed E-state index contributed by atoms with van der Waals surface area (Å²) in [6, 6.07) is 15.3. The van der Waals surface area contributed by atoms with Crippen molar-refractivity contribution in [1.82, 2.24) is 0 Å². The van der Waals surface area contributed by atoms with Gasteiger partial charge in [0.1, 0.15) is 5.75 Å². The fraction of sp³-hybridized carbons (Fsp3) is 0.391. The maximum absolute atomic E-state index is 12.2. The van der Waals surface area contributed by atoms with Crippen LogP contribution in [0.1, 0.15) is 38.5 Å². The smallest absolute Gasteiger partial charge is 0.262 e. The van der Waals surface area contributed by atoms with Gasteiger partial charge in [-0.15, -0.1) is 11.8 Å². The second-order valence-electron chi connectivity index (χ2n) is 7.53. The van der Waals surface area contributed by atoms with Crippen molar-refractivity contribution in [2.24, 2.45) is 0 Å². The first-order chi connectivity index (χ1) is 14.2. The Morgan fingerprint density at radius 1 is 1.03 bits per heavy atom. The zero-order valence-electron chi connectivity index (χ0n) is 16.4. The summed E-state index contributed by atoms with van der Waals surface area (Å²) in [5.41, 5.74) is 1.65. The Morgan fingerprint density at radius 2 is 1.76 bits per heavy atom. The number of carbonyl (C=O) groups is 2. The highest BCUT2D eigenvalue weighted by Crippen LogP contribution is 2.35. The van der Waals surface area contributed by atoms with Gasteiger partial charge in [0.2, 0.25) is 5.91 Å². The van der Waals surface area contributed by atoms with Crippen LogP contribution in [0, 0.1) is 0 Å². The second-order valence-corrected chi connectivity index (χ2v) is 8.90. The molecular formula is C23H26N2O3S. The highest BCUT2D eigenvalue weighted by atomic mass is 32.2. The monoisotopic (exact) mass is 410 g/mol. The molecule has 0 bridgehead atoms. The van der Waals surface area contributed by atoms with Crippen LogP contribution in [0.2, 0.25) is 0 Å². The molecule has 0 spiro atoms. The molecule has 2 amide bonds. The van der Waals surface area contributed by atoms with Crippen molar-refractivity contribution in [3.05, 3.63) is 48.5 Å². The number of nitrogens with zero attached hydrogens (tertiary/aromatic N) is 1. The highest BCUT2D eigenvalue weighted by Gasteiger charge is 2.21. The summed E-state index contributed by atoms with van der Waals surface area (Å²) in [5, 5.41) is 3.60. The fourth-order valence-corrected chi connectivity index (χ4v) is 5.05. The topological polar surface area (TPSA) is 58.6 Å². The van der Waals surface area contributed by atoms with Crippen LogP contribution in [-0.2, 0) is 9.59 Å². The maximum atomic E-state index is 12.2. The third kappa shape index (κ3) is 5.32. The first kappa shape index (κ1) is 19.8. The standard InChI is InChI=1S/C23H26N2O3S/c26-22(24-17-7-13-21(14-8-17)29-20-4-1-2-5-20)16-28-19-11-9-18(10-12-19)25-15-3-6-23(25)27/h7-14,20H,1-6,15-16H2,(H,24,26). The number of hydrogen-bond donors (Lipinski definition) is 1. The summed E-state index contributed by atoms with van der Waals surface area (Å²) in [4.78, 5) is 27.0. The number of thioether (sulfide) groups is 1. The minimum Gasteiger partial charge on any atom is -0.484 e. The number of hydrogen-bond acceptors (Lipinski definition) is 4. The molecule has 0 radical (unpaired) electrons. The third-order valence-corrected chi connectivity index (χ3v) is 6.68. The SMILES string of the molecule is O=C(COc1ccc(N2CCCC2=O)cc1)Nc1ccc(SC2CCCC2)cc1. The Kier molecular flexibility index (Phi) is 6.39. The van der Waals surface area contributed by atoms with E-state index in [4.69, 9.17) is 4.74 Å². The summed E-state index contributed by atoms with van der Waals surface area (Å²) in [6.07, 6.45) is 6.79. The molecule has 1 saturated carbocycles. The third-order valence-electron chi connectivity index (χ3n) is 5.33. The summed E-state index contributed by atoms with van der Waals surface area (Å²) in [7, 11) is 0. The van der Waals surface area contributed by atoms with Gasteiger partial charge in [-0.1, -0.05) is 12.8 Å².